The van der Waals surface area contributed by atoms with Gasteiger partial charge in [-0.25, -0.2) is 4.57 Å². The van der Waals surface area contributed by atoms with E-state index in [2.05, 4.69) is 20.4 Å². The van der Waals surface area contributed by atoms with E-state index in [9.17, 15) is 4.57 Å². The molecule has 0 saturated carbocycles. The minimum absolute atomic E-state index is 0.487. The Labute approximate surface area is 96.9 Å². The fraction of sp³-hybridized carbons (Fsp3) is 0.800. The maximum Gasteiger partial charge on any atom is 0.393 e. The smallest absolute Gasteiger partial charge is 0.301 e. The van der Waals surface area contributed by atoms with Crippen LogP contribution < -0.4 is 0 Å². The molecule has 0 aliphatic rings. The lowest BCUT2D eigenvalue weighted by Gasteiger charge is -2.15. The molecule has 0 amide bonds. The molecule has 15 heavy (non-hydrogen) atoms. The zero-order valence-corrected chi connectivity index (χ0v) is 11.3. The summed E-state index contributed by atoms with van der Waals surface area (Å²) >= 11 is 1.05. The van der Waals surface area contributed by atoms with Gasteiger partial charge >= 0.3 is 6.80 Å². The number of unbranched alkanes of at least 4 members (excludes halogenated alkanes) is 2. The minimum Gasteiger partial charge on any atom is -0.301 e. The third-order valence-electron chi connectivity index (χ3n) is 1.70. The molecule has 0 saturated heterocycles. The Morgan fingerprint density at radius 2 is 1.67 bits per heavy atom. The largest absolute Gasteiger partial charge is 0.393 e. The molecule has 3 nitrogen and oxygen atoms in total. The highest BCUT2D eigenvalue weighted by Gasteiger charge is 2.23. The first-order valence-corrected chi connectivity index (χ1v) is 8.39. The van der Waals surface area contributed by atoms with Crippen LogP contribution in [-0.2, 0) is 13.6 Å². The van der Waals surface area contributed by atoms with Crippen LogP contribution in [0.5, 0.6) is 0 Å². The quantitative estimate of drug-likeness (QED) is 0.420. The van der Waals surface area contributed by atoms with E-state index in [1.165, 1.54) is 5.41 Å². The van der Waals surface area contributed by atoms with Crippen LogP contribution >= 0.6 is 18.2 Å². The summed E-state index contributed by atoms with van der Waals surface area (Å²) in [5.41, 5.74) is 0. The molecule has 0 atom stereocenters. The topological polar surface area (TPSA) is 35.5 Å². The Bertz CT molecular complexity index is 195. The summed E-state index contributed by atoms with van der Waals surface area (Å²) in [7, 11) is 0. The molecule has 0 bridgehead atoms. The third kappa shape index (κ3) is 8.09. The number of rotatable bonds is 10. The highest BCUT2D eigenvalue weighted by atomic mass is 32.7. The first kappa shape index (κ1) is 15.2. The lowest BCUT2D eigenvalue weighted by molar-refractivity contribution is 0.215. The summed E-state index contributed by atoms with van der Waals surface area (Å²) in [4.78, 5) is 0. The second-order valence-corrected chi connectivity index (χ2v) is 7.02. The zero-order chi connectivity index (χ0) is 11.6. The van der Waals surface area contributed by atoms with Crippen molar-refractivity contribution in [2.45, 2.75) is 39.5 Å². The van der Waals surface area contributed by atoms with Crippen LogP contribution in [0, 0.1) is 0 Å². The summed E-state index contributed by atoms with van der Waals surface area (Å²) in [5.74, 6) is 0. The molecule has 0 unspecified atom stereocenters. The van der Waals surface area contributed by atoms with E-state index in [0.717, 1.165) is 37.1 Å². The molecule has 90 valence electrons. The van der Waals surface area contributed by atoms with Crippen LogP contribution in [0.2, 0.25) is 0 Å². The van der Waals surface area contributed by atoms with Crippen molar-refractivity contribution in [3.63, 3.8) is 0 Å². The van der Waals surface area contributed by atoms with Crippen LogP contribution in [0.1, 0.15) is 39.5 Å². The summed E-state index contributed by atoms with van der Waals surface area (Å²) in [6.45, 7) is 5.65. The van der Waals surface area contributed by atoms with Gasteiger partial charge in [-0.2, -0.15) is 0 Å². The summed E-state index contributed by atoms with van der Waals surface area (Å²) in [6, 6.07) is 0. The fourth-order valence-corrected chi connectivity index (χ4v) is 3.28. The molecule has 0 aromatic carbocycles. The first-order chi connectivity index (χ1) is 7.18. The molecule has 0 aromatic rings. The van der Waals surface area contributed by atoms with Crippen LogP contribution in [0.15, 0.2) is 12.0 Å². The van der Waals surface area contributed by atoms with Gasteiger partial charge in [-0.05, 0) is 29.6 Å². The van der Waals surface area contributed by atoms with E-state index in [1.807, 2.05) is 0 Å². The van der Waals surface area contributed by atoms with Crippen molar-refractivity contribution in [2.24, 2.45) is 0 Å². The van der Waals surface area contributed by atoms with Gasteiger partial charge in [0, 0.05) is 0 Å². The average molecular weight is 252 g/mol. The van der Waals surface area contributed by atoms with Crippen LogP contribution in [-0.4, -0.2) is 13.2 Å². The summed E-state index contributed by atoms with van der Waals surface area (Å²) < 4.78 is 22.6. The third-order valence-corrected chi connectivity index (χ3v) is 4.96. The summed E-state index contributed by atoms with van der Waals surface area (Å²) in [5, 5.41) is 1.51. The lowest BCUT2D eigenvalue weighted by atomic mass is 10.4. The Hall–Kier alpha value is 0.240. The van der Waals surface area contributed by atoms with E-state index >= 15 is 0 Å². The predicted octanol–water partition coefficient (Wildman–Crippen LogP) is 4.60. The Balaban J connectivity index is 3.94. The van der Waals surface area contributed by atoms with E-state index < -0.39 is 6.80 Å². The van der Waals surface area contributed by atoms with Crippen molar-refractivity contribution in [3.8, 4) is 0 Å². The Kier molecular flexibility index (Phi) is 9.62. The van der Waals surface area contributed by atoms with E-state index in [-0.39, 0.29) is 0 Å². The number of hydrogen-bond acceptors (Lipinski definition) is 4. The molecule has 0 heterocycles. The molecule has 0 aliphatic heterocycles. The highest BCUT2D eigenvalue weighted by Crippen LogP contribution is 2.61. The van der Waals surface area contributed by atoms with E-state index in [4.69, 9.17) is 9.05 Å². The molecule has 0 spiro atoms. The Morgan fingerprint density at radius 3 is 2.00 bits per heavy atom. The summed E-state index contributed by atoms with van der Waals surface area (Å²) in [6.07, 6.45) is 3.85. The second kappa shape index (κ2) is 9.46. The lowest BCUT2D eigenvalue weighted by Crippen LogP contribution is -1.96. The van der Waals surface area contributed by atoms with Crippen molar-refractivity contribution in [2.75, 3.05) is 13.2 Å². The molecule has 0 fully saturated rings. The second-order valence-electron chi connectivity index (χ2n) is 3.09. The van der Waals surface area contributed by atoms with E-state index in [0.29, 0.717) is 13.2 Å². The molecule has 0 aromatic heterocycles. The van der Waals surface area contributed by atoms with Crippen molar-refractivity contribution in [1.29, 1.82) is 0 Å². The molecule has 0 N–H and O–H groups in total. The minimum atomic E-state index is -2.98. The van der Waals surface area contributed by atoms with Gasteiger partial charge in [-0.3, -0.25) is 0 Å². The molecule has 0 rings (SSSR count). The maximum atomic E-state index is 12.0. The van der Waals surface area contributed by atoms with Crippen LogP contribution in [0.3, 0.4) is 0 Å². The zero-order valence-electron chi connectivity index (χ0n) is 9.61. The fourth-order valence-electron chi connectivity index (χ4n) is 0.831. The van der Waals surface area contributed by atoms with Crippen molar-refractivity contribution in [1.82, 2.24) is 0 Å². The van der Waals surface area contributed by atoms with Crippen molar-refractivity contribution in [3.05, 3.63) is 12.0 Å². The Morgan fingerprint density at radius 1 is 1.20 bits per heavy atom. The standard InChI is InChI=1S/C10H21O3PS/c1-4-7-9-12-14(11,15-6-3)13-10-8-5-2/h6H,3-5,7-10H2,1-2H3. The number of hydrogen-bond donors (Lipinski definition) is 0. The van der Waals surface area contributed by atoms with Gasteiger partial charge in [-0.1, -0.05) is 33.3 Å². The van der Waals surface area contributed by atoms with Gasteiger partial charge in [0.05, 0.1) is 13.2 Å². The SMILES string of the molecule is C=CSP(=O)(OCCCC)OCCCC. The predicted molar refractivity (Wildman–Crippen MR) is 67.1 cm³/mol. The molecular weight excluding hydrogens is 231 g/mol. The van der Waals surface area contributed by atoms with Gasteiger partial charge in [0.1, 0.15) is 0 Å². The van der Waals surface area contributed by atoms with Gasteiger partial charge in [-0.15, -0.1) is 0 Å². The molecule has 0 aliphatic carbocycles. The van der Waals surface area contributed by atoms with E-state index in [1.54, 1.807) is 0 Å². The first-order valence-electron chi connectivity index (χ1n) is 5.37. The van der Waals surface area contributed by atoms with Gasteiger partial charge in [0.25, 0.3) is 0 Å². The normalized spacial score (nSPS) is 11.6. The van der Waals surface area contributed by atoms with Crippen LogP contribution in [0.25, 0.3) is 0 Å². The van der Waals surface area contributed by atoms with Crippen molar-refractivity contribution < 1.29 is 13.6 Å². The average Bonchev–Trinajstić information content (AvgIpc) is 2.19. The monoisotopic (exact) mass is 252 g/mol. The maximum absolute atomic E-state index is 12.0. The molecule has 0 radical (unpaired) electrons. The van der Waals surface area contributed by atoms with Gasteiger partial charge in [0.15, 0.2) is 0 Å². The highest BCUT2D eigenvalue weighted by molar-refractivity contribution is 8.56. The van der Waals surface area contributed by atoms with Gasteiger partial charge < -0.3 is 9.05 Å². The van der Waals surface area contributed by atoms with Gasteiger partial charge in [0.2, 0.25) is 0 Å². The molecular formula is C10H21O3PS. The molecule has 5 heteroatoms. The van der Waals surface area contributed by atoms with Crippen molar-refractivity contribution >= 4 is 18.2 Å². The van der Waals surface area contributed by atoms with Crippen LogP contribution in [0.4, 0.5) is 0 Å².